The van der Waals surface area contributed by atoms with Crippen LogP contribution in [0.4, 0.5) is 0 Å². The quantitative estimate of drug-likeness (QED) is 0.638. The van der Waals surface area contributed by atoms with Crippen LogP contribution in [0.25, 0.3) is 0 Å². The fourth-order valence-electron chi connectivity index (χ4n) is 2.51. The van der Waals surface area contributed by atoms with Crippen LogP contribution in [0.1, 0.15) is 48.1 Å². The van der Waals surface area contributed by atoms with Crippen LogP contribution < -0.4 is 11.3 Å². The highest BCUT2D eigenvalue weighted by molar-refractivity contribution is 5.31. The molecule has 0 aliphatic carbocycles. The number of hydrazine groups is 1. The topological polar surface area (TPSA) is 38.0 Å². The molecule has 3 N–H and O–H groups in total. The van der Waals surface area contributed by atoms with Gasteiger partial charge < -0.3 is 0 Å². The van der Waals surface area contributed by atoms with Gasteiger partial charge in [-0.2, -0.15) is 0 Å². The standard InChI is InChI=1S/C18H24N2/c1-13(2)16-10-8-15(9-11-16)12-18(20-19)17-7-5-4-6-14(17)3/h4-11,13,18,20H,12,19H2,1-3H3. The van der Waals surface area contributed by atoms with Gasteiger partial charge in [0.25, 0.3) is 0 Å². The molecule has 0 bridgehead atoms. The number of benzene rings is 2. The van der Waals surface area contributed by atoms with Crippen molar-refractivity contribution in [3.63, 3.8) is 0 Å². The summed E-state index contributed by atoms with van der Waals surface area (Å²) in [5, 5.41) is 0. The highest BCUT2D eigenvalue weighted by Crippen LogP contribution is 2.22. The Morgan fingerprint density at radius 1 is 1.00 bits per heavy atom. The second-order valence-corrected chi connectivity index (χ2v) is 5.68. The summed E-state index contributed by atoms with van der Waals surface area (Å²) >= 11 is 0. The largest absolute Gasteiger partial charge is 0.271 e. The third-order valence-electron chi connectivity index (χ3n) is 3.85. The van der Waals surface area contributed by atoms with Crippen molar-refractivity contribution in [2.75, 3.05) is 0 Å². The minimum absolute atomic E-state index is 0.154. The molecule has 0 spiro atoms. The zero-order valence-corrected chi connectivity index (χ0v) is 12.6. The highest BCUT2D eigenvalue weighted by Gasteiger charge is 2.12. The predicted octanol–water partition coefficient (Wildman–Crippen LogP) is 3.87. The molecule has 2 aromatic carbocycles. The lowest BCUT2D eigenvalue weighted by molar-refractivity contribution is 0.549. The lowest BCUT2D eigenvalue weighted by atomic mass is 9.94. The zero-order chi connectivity index (χ0) is 14.5. The number of hydrogen-bond acceptors (Lipinski definition) is 2. The summed E-state index contributed by atoms with van der Waals surface area (Å²) < 4.78 is 0. The minimum atomic E-state index is 0.154. The molecule has 0 heterocycles. The van der Waals surface area contributed by atoms with Crippen molar-refractivity contribution < 1.29 is 0 Å². The molecule has 106 valence electrons. The SMILES string of the molecule is Cc1ccccc1C(Cc1ccc(C(C)C)cc1)NN. The molecule has 0 aliphatic heterocycles. The lowest BCUT2D eigenvalue weighted by Gasteiger charge is -2.19. The first-order valence-electron chi connectivity index (χ1n) is 7.22. The number of nitrogens with one attached hydrogen (secondary N) is 1. The monoisotopic (exact) mass is 268 g/mol. The van der Waals surface area contributed by atoms with Gasteiger partial charge in [-0.1, -0.05) is 62.4 Å². The lowest BCUT2D eigenvalue weighted by Crippen LogP contribution is -2.30. The van der Waals surface area contributed by atoms with Crippen LogP contribution >= 0.6 is 0 Å². The van der Waals surface area contributed by atoms with Crippen molar-refractivity contribution in [3.05, 3.63) is 70.8 Å². The van der Waals surface area contributed by atoms with Crippen LogP contribution in [0.15, 0.2) is 48.5 Å². The van der Waals surface area contributed by atoms with Gasteiger partial charge in [-0.3, -0.25) is 11.3 Å². The van der Waals surface area contributed by atoms with Gasteiger partial charge in [-0.05, 0) is 41.5 Å². The van der Waals surface area contributed by atoms with Crippen molar-refractivity contribution >= 4 is 0 Å². The third-order valence-corrected chi connectivity index (χ3v) is 3.85. The number of aryl methyl sites for hydroxylation is 1. The van der Waals surface area contributed by atoms with E-state index in [9.17, 15) is 0 Å². The van der Waals surface area contributed by atoms with E-state index in [0.29, 0.717) is 5.92 Å². The summed E-state index contributed by atoms with van der Waals surface area (Å²) in [7, 11) is 0. The molecule has 1 unspecified atom stereocenters. The maximum absolute atomic E-state index is 5.75. The summed E-state index contributed by atoms with van der Waals surface area (Å²) in [6, 6.07) is 17.4. The van der Waals surface area contributed by atoms with Gasteiger partial charge in [0.1, 0.15) is 0 Å². The van der Waals surface area contributed by atoms with Crippen LogP contribution in [0.5, 0.6) is 0 Å². The van der Waals surface area contributed by atoms with E-state index < -0.39 is 0 Å². The van der Waals surface area contributed by atoms with Gasteiger partial charge in [0.2, 0.25) is 0 Å². The minimum Gasteiger partial charge on any atom is -0.271 e. The van der Waals surface area contributed by atoms with E-state index in [2.05, 4.69) is 74.7 Å². The molecular formula is C18H24N2. The first kappa shape index (κ1) is 14.8. The van der Waals surface area contributed by atoms with Crippen molar-refractivity contribution in [1.82, 2.24) is 5.43 Å². The third kappa shape index (κ3) is 3.47. The van der Waals surface area contributed by atoms with Crippen LogP contribution in [-0.2, 0) is 6.42 Å². The predicted molar refractivity (Wildman–Crippen MR) is 85.5 cm³/mol. The Morgan fingerprint density at radius 2 is 1.65 bits per heavy atom. The fourth-order valence-corrected chi connectivity index (χ4v) is 2.51. The summed E-state index contributed by atoms with van der Waals surface area (Å²) in [5.74, 6) is 6.32. The smallest absolute Gasteiger partial charge is 0.0502 e. The Labute approximate surface area is 122 Å². The summed E-state index contributed by atoms with van der Waals surface area (Å²) in [6.07, 6.45) is 0.903. The Bertz CT molecular complexity index is 544. The van der Waals surface area contributed by atoms with Crippen molar-refractivity contribution in [1.29, 1.82) is 0 Å². The van der Waals surface area contributed by atoms with Gasteiger partial charge in [0.05, 0.1) is 6.04 Å². The molecule has 0 saturated heterocycles. The summed E-state index contributed by atoms with van der Waals surface area (Å²) in [5.41, 5.74) is 8.17. The first-order chi connectivity index (χ1) is 9.61. The van der Waals surface area contributed by atoms with Gasteiger partial charge in [-0.15, -0.1) is 0 Å². The molecule has 0 aromatic heterocycles. The van der Waals surface area contributed by atoms with Crippen molar-refractivity contribution in [3.8, 4) is 0 Å². The van der Waals surface area contributed by atoms with Gasteiger partial charge in [-0.25, -0.2) is 0 Å². The number of hydrogen-bond donors (Lipinski definition) is 2. The second-order valence-electron chi connectivity index (χ2n) is 5.68. The highest BCUT2D eigenvalue weighted by atomic mass is 15.2. The molecule has 0 amide bonds. The summed E-state index contributed by atoms with van der Waals surface area (Å²) in [4.78, 5) is 0. The van der Waals surface area contributed by atoms with E-state index >= 15 is 0 Å². The second kappa shape index (κ2) is 6.69. The molecular weight excluding hydrogens is 244 g/mol. The van der Waals surface area contributed by atoms with E-state index in [-0.39, 0.29) is 6.04 Å². The summed E-state index contributed by atoms with van der Waals surface area (Å²) in [6.45, 7) is 6.56. The normalized spacial score (nSPS) is 12.7. The van der Waals surface area contributed by atoms with E-state index in [1.165, 1.54) is 22.3 Å². The van der Waals surface area contributed by atoms with Crippen LogP contribution in [-0.4, -0.2) is 0 Å². The number of nitrogens with two attached hydrogens (primary N) is 1. The fraction of sp³-hybridized carbons (Fsp3) is 0.333. The van der Waals surface area contributed by atoms with Crippen LogP contribution in [0, 0.1) is 6.92 Å². The first-order valence-corrected chi connectivity index (χ1v) is 7.22. The van der Waals surface area contributed by atoms with E-state index in [1.807, 2.05) is 0 Å². The average Bonchev–Trinajstić information content (AvgIpc) is 2.46. The molecule has 0 radical (unpaired) electrons. The van der Waals surface area contributed by atoms with E-state index in [4.69, 9.17) is 5.84 Å². The van der Waals surface area contributed by atoms with E-state index in [1.54, 1.807) is 0 Å². The van der Waals surface area contributed by atoms with Gasteiger partial charge >= 0.3 is 0 Å². The Morgan fingerprint density at radius 3 is 2.20 bits per heavy atom. The maximum Gasteiger partial charge on any atom is 0.0502 e. The molecule has 0 aliphatic rings. The Kier molecular flexibility index (Phi) is 4.94. The van der Waals surface area contributed by atoms with Crippen LogP contribution in [0.2, 0.25) is 0 Å². The average molecular weight is 268 g/mol. The number of rotatable bonds is 5. The Balaban J connectivity index is 2.16. The van der Waals surface area contributed by atoms with Crippen LogP contribution in [0.3, 0.4) is 0 Å². The molecule has 1 atom stereocenters. The molecule has 0 saturated carbocycles. The molecule has 2 heteroatoms. The molecule has 0 fully saturated rings. The maximum atomic E-state index is 5.75. The molecule has 2 nitrogen and oxygen atoms in total. The molecule has 2 aromatic rings. The van der Waals surface area contributed by atoms with Gasteiger partial charge in [0, 0.05) is 0 Å². The van der Waals surface area contributed by atoms with Gasteiger partial charge in [0.15, 0.2) is 0 Å². The molecule has 20 heavy (non-hydrogen) atoms. The van der Waals surface area contributed by atoms with Crippen molar-refractivity contribution in [2.45, 2.75) is 39.2 Å². The zero-order valence-electron chi connectivity index (χ0n) is 12.6. The Hall–Kier alpha value is -1.64. The van der Waals surface area contributed by atoms with E-state index in [0.717, 1.165) is 6.42 Å². The molecule has 2 rings (SSSR count). The van der Waals surface area contributed by atoms with Crippen molar-refractivity contribution in [2.24, 2.45) is 5.84 Å².